The van der Waals surface area contributed by atoms with Crippen LogP contribution in [-0.4, -0.2) is 29.0 Å². The van der Waals surface area contributed by atoms with E-state index in [0.29, 0.717) is 64.3 Å². The van der Waals surface area contributed by atoms with Crippen molar-refractivity contribution in [2.45, 2.75) is 26.4 Å². The van der Waals surface area contributed by atoms with Gasteiger partial charge in [0.25, 0.3) is 0 Å². The number of fused-ring (bicyclic) bond motifs is 1. The zero-order chi connectivity index (χ0) is 23.1. The van der Waals surface area contributed by atoms with Crippen LogP contribution >= 0.6 is 23.2 Å². The average molecular weight is 481 g/mol. The van der Waals surface area contributed by atoms with E-state index in [4.69, 9.17) is 27.6 Å². The van der Waals surface area contributed by atoms with Crippen LogP contribution in [0.5, 0.6) is 0 Å². The normalized spacial score (nSPS) is 14.3. The van der Waals surface area contributed by atoms with E-state index in [-0.39, 0.29) is 6.61 Å². The molecule has 5 rings (SSSR count). The number of ketones is 1. The van der Waals surface area contributed by atoms with Crippen LogP contribution in [0.2, 0.25) is 10.0 Å². The van der Waals surface area contributed by atoms with Gasteiger partial charge in [-0.2, -0.15) is 0 Å². The highest BCUT2D eigenvalue weighted by atomic mass is 35.5. The number of carbonyl (C=O) groups is 1. The number of rotatable bonds is 4. The van der Waals surface area contributed by atoms with Crippen LogP contribution in [0.4, 0.5) is 5.69 Å². The number of aromatic nitrogens is 1. The third kappa shape index (κ3) is 4.01. The monoisotopic (exact) mass is 480 g/mol. The highest BCUT2D eigenvalue weighted by Crippen LogP contribution is 2.40. The minimum atomic E-state index is -0.119. The molecule has 1 aromatic heterocycles. The molecule has 0 bridgehead atoms. The van der Waals surface area contributed by atoms with Crippen molar-refractivity contribution in [2.75, 3.05) is 18.0 Å². The van der Waals surface area contributed by atoms with Crippen LogP contribution in [0.3, 0.4) is 0 Å². The summed E-state index contributed by atoms with van der Waals surface area (Å²) in [7, 11) is 0. The van der Waals surface area contributed by atoms with Crippen molar-refractivity contribution in [1.82, 2.24) is 4.98 Å². The molecule has 0 atom stereocenters. The van der Waals surface area contributed by atoms with E-state index in [2.05, 4.69) is 9.88 Å². The summed E-state index contributed by atoms with van der Waals surface area (Å²) in [4.78, 5) is 18.5. The van der Waals surface area contributed by atoms with Gasteiger partial charge in [0.05, 0.1) is 22.3 Å². The molecule has 1 N–H and O–H groups in total. The second-order valence-electron chi connectivity index (χ2n) is 8.25. The van der Waals surface area contributed by atoms with Gasteiger partial charge in [0.1, 0.15) is 11.3 Å². The van der Waals surface area contributed by atoms with Crippen LogP contribution in [0.1, 0.15) is 24.0 Å². The van der Waals surface area contributed by atoms with Gasteiger partial charge in [-0.05, 0) is 47.9 Å². The number of hydrogen-bond donors (Lipinski definition) is 1. The Kier molecular flexibility index (Phi) is 5.87. The molecule has 0 unspecified atom stereocenters. The van der Waals surface area contributed by atoms with Crippen molar-refractivity contribution >= 4 is 45.8 Å². The van der Waals surface area contributed by atoms with Crippen LogP contribution in [-0.2, 0) is 11.4 Å². The highest BCUT2D eigenvalue weighted by Gasteiger charge is 2.21. The van der Waals surface area contributed by atoms with E-state index in [1.165, 1.54) is 0 Å². The summed E-state index contributed by atoms with van der Waals surface area (Å²) in [6.07, 6.45) is 1.10. The molecule has 0 amide bonds. The molecule has 4 aromatic rings. The van der Waals surface area contributed by atoms with Crippen LogP contribution in [0.25, 0.3) is 33.7 Å². The largest absolute Gasteiger partial charge is 0.434 e. The quantitative estimate of drug-likeness (QED) is 0.364. The molecule has 2 heterocycles. The number of aliphatic hydroxyl groups is 1. The molecule has 1 saturated heterocycles. The molecule has 168 valence electrons. The average Bonchev–Trinajstić information content (AvgIpc) is 3.25. The molecule has 1 fully saturated rings. The lowest BCUT2D eigenvalue weighted by molar-refractivity contribution is -0.119. The first-order valence-electron chi connectivity index (χ1n) is 10.8. The number of anilines is 1. The van der Waals surface area contributed by atoms with Gasteiger partial charge in [0, 0.05) is 37.1 Å². The Labute approximate surface area is 201 Å². The van der Waals surface area contributed by atoms with E-state index in [1.54, 1.807) is 12.1 Å². The maximum absolute atomic E-state index is 11.7. The molecular formula is C26H22Cl2N2O3. The Balaban J connectivity index is 1.57. The lowest BCUT2D eigenvalue weighted by Gasteiger charge is -2.29. The number of hydrogen-bond acceptors (Lipinski definition) is 5. The Hall–Kier alpha value is -2.86. The maximum Gasteiger partial charge on any atom is 0.227 e. The number of nitrogens with zero attached hydrogens (tertiary/aromatic N) is 2. The lowest BCUT2D eigenvalue weighted by atomic mass is 9.95. The van der Waals surface area contributed by atoms with Gasteiger partial charge >= 0.3 is 0 Å². The van der Waals surface area contributed by atoms with Gasteiger partial charge in [-0.1, -0.05) is 47.5 Å². The smallest absolute Gasteiger partial charge is 0.227 e. The molecule has 1 aliphatic rings. The first-order chi connectivity index (χ1) is 16.0. The fraction of sp³-hybridized carbons (Fsp3) is 0.231. The predicted molar refractivity (Wildman–Crippen MR) is 132 cm³/mol. The van der Waals surface area contributed by atoms with Gasteiger partial charge in [0.2, 0.25) is 5.89 Å². The molecule has 0 spiro atoms. The Morgan fingerprint density at radius 2 is 1.73 bits per heavy atom. The van der Waals surface area contributed by atoms with Gasteiger partial charge in [0.15, 0.2) is 5.58 Å². The number of piperidine rings is 1. The Morgan fingerprint density at radius 3 is 2.48 bits per heavy atom. The van der Waals surface area contributed by atoms with Crippen molar-refractivity contribution in [3.8, 4) is 22.6 Å². The van der Waals surface area contributed by atoms with Gasteiger partial charge < -0.3 is 14.4 Å². The maximum atomic E-state index is 11.7. The van der Waals surface area contributed by atoms with Crippen LogP contribution in [0.15, 0.2) is 52.9 Å². The standard InChI is InChI=1S/C26H22Cl2N2O3/c1-15-18(20-6-3-7-23(24(20)28)30-10-8-17(32)9-11-30)4-2-5-19(15)26-29-22-13-16(14-31)12-21(27)25(22)33-26/h2-7,12-13,31H,8-11,14H2,1H3. The third-order valence-corrected chi connectivity index (χ3v) is 6.86. The molecule has 0 aliphatic carbocycles. The number of carbonyl (C=O) groups excluding carboxylic acids is 1. The fourth-order valence-electron chi connectivity index (χ4n) is 4.38. The second kappa shape index (κ2) is 8.82. The summed E-state index contributed by atoms with van der Waals surface area (Å²) in [6.45, 7) is 3.26. The zero-order valence-corrected chi connectivity index (χ0v) is 19.6. The van der Waals surface area contributed by atoms with E-state index in [0.717, 1.165) is 27.9 Å². The summed E-state index contributed by atoms with van der Waals surface area (Å²) in [5.41, 5.74) is 6.45. The molecule has 1 aliphatic heterocycles. The van der Waals surface area contributed by atoms with E-state index in [9.17, 15) is 9.90 Å². The number of halogens is 2. The van der Waals surface area contributed by atoms with E-state index < -0.39 is 0 Å². The summed E-state index contributed by atoms with van der Waals surface area (Å²) >= 11 is 13.2. The summed E-state index contributed by atoms with van der Waals surface area (Å²) in [6, 6.07) is 15.4. The van der Waals surface area contributed by atoms with Gasteiger partial charge in [-0.25, -0.2) is 4.98 Å². The van der Waals surface area contributed by atoms with Gasteiger partial charge in [-0.15, -0.1) is 0 Å². The fourth-order valence-corrected chi connectivity index (χ4v) is 5.00. The number of aliphatic hydroxyl groups excluding tert-OH is 1. The zero-order valence-electron chi connectivity index (χ0n) is 18.1. The first-order valence-corrected chi connectivity index (χ1v) is 11.6. The van der Waals surface area contributed by atoms with Crippen molar-refractivity contribution in [3.63, 3.8) is 0 Å². The van der Waals surface area contributed by atoms with E-state index >= 15 is 0 Å². The summed E-state index contributed by atoms with van der Waals surface area (Å²) in [5, 5.41) is 10.5. The number of Topliss-reactive ketones (excluding diaryl/α,β-unsaturated/α-hetero) is 1. The SMILES string of the molecule is Cc1c(-c2nc3cc(CO)cc(Cl)c3o2)cccc1-c1cccc(N2CCC(=O)CC2)c1Cl. The predicted octanol–water partition coefficient (Wildman–Crippen LogP) is 6.44. The van der Waals surface area contributed by atoms with E-state index in [1.807, 2.05) is 43.3 Å². The topological polar surface area (TPSA) is 66.6 Å². The summed E-state index contributed by atoms with van der Waals surface area (Å²) < 4.78 is 6.02. The summed E-state index contributed by atoms with van der Waals surface area (Å²) in [5.74, 6) is 0.759. The molecule has 5 nitrogen and oxygen atoms in total. The minimum absolute atomic E-state index is 0.119. The first kappa shape index (κ1) is 22.0. The third-order valence-electron chi connectivity index (χ3n) is 6.18. The molecule has 7 heteroatoms. The van der Waals surface area contributed by atoms with Crippen molar-refractivity contribution < 1.29 is 14.3 Å². The molecule has 3 aromatic carbocycles. The van der Waals surface area contributed by atoms with Crippen molar-refractivity contribution in [1.29, 1.82) is 0 Å². The molecule has 33 heavy (non-hydrogen) atoms. The second-order valence-corrected chi connectivity index (χ2v) is 9.03. The minimum Gasteiger partial charge on any atom is -0.434 e. The number of oxazole rings is 1. The molecular weight excluding hydrogens is 459 g/mol. The van der Waals surface area contributed by atoms with Crippen molar-refractivity contribution in [3.05, 3.63) is 69.7 Å². The highest BCUT2D eigenvalue weighted by molar-refractivity contribution is 6.36. The van der Waals surface area contributed by atoms with Crippen LogP contribution < -0.4 is 4.90 Å². The Bertz CT molecular complexity index is 1370. The Morgan fingerprint density at radius 1 is 1.03 bits per heavy atom. The molecule has 0 radical (unpaired) electrons. The lowest BCUT2D eigenvalue weighted by Crippen LogP contribution is -2.33. The van der Waals surface area contributed by atoms with Crippen molar-refractivity contribution in [2.24, 2.45) is 0 Å². The van der Waals surface area contributed by atoms with Gasteiger partial charge in [-0.3, -0.25) is 4.79 Å². The number of benzene rings is 3. The van der Waals surface area contributed by atoms with Crippen LogP contribution in [0, 0.1) is 6.92 Å². The molecule has 0 saturated carbocycles.